The fraction of sp³-hybridized carbons (Fsp3) is 0.0769. The van der Waals surface area contributed by atoms with Crippen molar-refractivity contribution in [2.24, 2.45) is 0 Å². The first-order chi connectivity index (χ1) is 8.49. The van der Waals surface area contributed by atoms with Gasteiger partial charge in [0.1, 0.15) is 11.9 Å². The second kappa shape index (κ2) is 5.57. The normalized spacial score (nSPS) is 12.5. The molecule has 1 nitrogen and oxygen atoms in total. The summed E-state index contributed by atoms with van der Waals surface area (Å²) in [6.07, 6.45) is -0.942. The van der Waals surface area contributed by atoms with Crippen LogP contribution >= 0.6 is 39.1 Å². The van der Waals surface area contributed by atoms with Gasteiger partial charge in [0, 0.05) is 0 Å². The van der Waals surface area contributed by atoms with Crippen molar-refractivity contribution in [3.8, 4) is 0 Å². The second-order valence-corrected chi connectivity index (χ2v) is 5.42. The van der Waals surface area contributed by atoms with Crippen molar-refractivity contribution in [1.82, 2.24) is 0 Å². The van der Waals surface area contributed by atoms with Crippen LogP contribution in [0.15, 0.2) is 40.9 Å². The number of aliphatic hydroxyl groups is 1. The highest BCUT2D eigenvalue weighted by Gasteiger charge is 2.13. The van der Waals surface area contributed by atoms with Gasteiger partial charge in [-0.1, -0.05) is 35.3 Å². The smallest absolute Gasteiger partial charge is 0.137 e. The highest BCUT2D eigenvalue weighted by atomic mass is 79.9. The Morgan fingerprint density at radius 2 is 1.61 bits per heavy atom. The molecule has 0 aliphatic rings. The molecule has 2 aromatic rings. The Morgan fingerprint density at radius 1 is 1.00 bits per heavy atom. The van der Waals surface area contributed by atoms with Crippen LogP contribution in [0.1, 0.15) is 17.2 Å². The predicted octanol–water partition coefficient (Wildman–Crippen LogP) is 4.98. The Labute approximate surface area is 122 Å². The van der Waals surface area contributed by atoms with Gasteiger partial charge in [-0.05, 0) is 51.3 Å². The summed E-state index contributed by atoms with van der Waals surface area (Å²) in [5.74, 6) is -0.424. The van der Waals surface area contributed by atoms with Gasteiger partial charge in [0.05, 0.1) is 14.5 Å². The summed E-state index contributed by atoms with van der Waals surface area (Å²) in [5.41, 5.74) is 1.01. The molecule has 2 aromatic carbocycles. The molecule has 1 atom stereocenters. The van der Waals surface area contributed by atoms with Crippen LogP contribution in [-0.4, -0.2) is 5.11 Å². The lowest BCUT2D eigenvalue weighted by Crippen LogP contribution is -2.00. The van der Waals surface area contributed by atoms with E-state index < -0.39 is 11.9 Å². The lowest BCUT2D eigenvalue weighted by molar-refractivity contribution is 0.220. The van der Waals surface area contributed by atoms with Gasteiger partial charge in [-0.3, -0.25) is 0 Å². The van der Waals surface area contributed by atoms with Crippen LogP contribution in [0.4, 0.5) is 4.39 Å². The summed E-state index contributed by atoms with van der Waals surface area (Å²) >= 11 is 14.7. The van der Waals surface area contributed by atoms with Crippen LogP contribution in [0.2, 0.25) is 10.0 Å². The van der Waals surface area contributed by atoms with Crippen LogP contribution in [-0.2, 0) is 0 Å². The third-order valence-electron chi connectivity index (χ3n) is 2.52. The van der Waals surface area contributed by atoms with Crippen molar-refractivity contribution in [1.29, 1.82) is 0 Å². The third-order valence-corrected chi connectivity index (χ3v) is 3.90. The van der Waals surface area contributed by atoms with E-state index in [4.69, 9.17) is 23.2 Å². The van der Waals surface area contributed by atoms with Gasteiger partial charge in [0.15, 0.2) is 0 Å². The monoisotopic (exact) mass is 348 g/mol. The third kappa shape index (κ3) is 2.86. The highest BCUT2D eigenvalue weighted by Crippen LogP contribution is 2.30. The summed E-state index contributed by atoms with van der Waals surface area (Å²) in [5, 5.41) is 10.9. The summed E-state index contributed by atoms with van der Waals surface area (Å²) in [6, 6.07) is 9.27. The minimum Gasteiger partial charge on any atom is -0.384 e. The van der Waals surface area contributed by atoms with Crippen molar-refractivity contribution in [3.05, 3.63) is 67.9 Å². The number of hydrogen-bond acceptors (Lipinski definition) is 1. The minimum absolute atomic E-state index is 0.353. The fourth-order valence-corrected chi connectivity index (χ4v) is 2.11. The molecule has 94 valence electrons. The van der Waals surface area contributed by atoms with Crippen molar-refractivity contribution >= 4 is 39.1 Å². The largest absolute Gasteiger partial charge is 0.384 e. The van der Waals surface area contributed by atoms with E-state index in [1.165, 1.54) is 6.07 Å². The molecule has 0 aliphatic heterocycles. The average molecular weight is 350 g/mol. The summed E-state index contributed by atoms with van der Waals surface area (Å²) < 4.78 is 13.7. The van der Waals surface area contributed by atoms with E-state index in [1.807, 2.05) is 0 Å². The van der Waals surface area contributed by atoms with Gasteiger partial charge in [0.2, 0.25) is 0 Å². The molecule has 18 heavy (non-hydrogen) atoms. The van der Waals surface area contributed by atoms with Gasteiger partial charge in [0.25, 0.3) is 0 Å². The average Bonchev–Trinajstić information content (AvgIpc) is 2.35. The van der Waals surface area contributed by atoms with E-state index in [-0.39, 0.29) is 0 Å². The molecule has 0 aliphatic carbocycles. The zero-order valence-corrected chi connectivity index (χ0v) is 12.1. The van der Waals surface area contributed by atoms with E-state index >= 15 is 0 Å². The van der Waals surface area contributed by atoms with Crippen LogP contribution in [0.3, 0.4) is 0 Å². The molecule has 0 aromatic heterocycles. The highest BCUT2D eigenvalue weighted by molar-refractivity contribution is 9.10. The molecule has 0 radical (unpaired) electrons. The minimum atomic E-state index is -0.942. The van der Waals surface area contributed by atoms with Gasteiger partial charge < -0.3 is 5.11 Å². The van der Waals surface area contributed by atoms with Crippen LogP contribution < -0.4 is 0 Å². The SMILES string of the molecule is OC(c1ccc(Br)c(F)c1)c1ccc(Cl)c(Cl)c1. The maximum Gasteiger partial charge on any atom is 0.137 e. The Morgan fingerprint density at radius 3 is 2.22 bits per heavy atom. The second-order valence-electron chi connectivity index (χ2n) is 3.75. The standard InChI is InChI=1S/C13H8BrCl2FO/c14-9-3-1-8(6-12(9)17)13(18)7-2-4-10(15)11(16)5-7/h1-6,13,18H. The predicted molar refractivity (Wildman–Crippen MR) is 74.6 cm³/mol. The molecule has 0 heterocycles. The molecular formula is C13H8BrCl2FO. The van der Waals surface area contributed by atoms with Gasteiger partial charge >= 0.3 is 0 Å². The van der Waals surface area contributed by atoms with E-state index in [0.717, 1.165) is 0 Å². The number of hydrogen-bond donors (Lipinski definition) is 1. The summed E-state index contributed by atoms with van der Waals surface area (Å²) in [6.45, 7) is 0. The quantitative estimate of drug-likeness (QED) is 0.810. The van der Waals surface area contributed by atoms with Gasteiger partial charge in [-0.25, -0.2) is 4.39 Å². The number of halogens is 4. The molecule has 0 spiro atoms. The van der Waals surface area contributed by atoms with Crippen molar-refractivity contribution in [3.63, 3.8) is 0 Å². The zero-order chi connectivity index (χ0) is 13.3. The van der Waals surface area contributed by atoms with E-state index in [2.05, 4.69) is 15.9 Å². The lowest BCUT2D eigenvalue weighted by atomic mass is 10.0. The maximum atomic E-state index is 13.4. The van der Waals surface area contributed by atoms with Crippen LogP contribution in [0.25, 0.3) is 0 Å². The lowest BCUT2D eigenvalue weighted by Gasteiger charge is -2.12. The molecule has 5 heteroatoms. The first-order valence-electron chi connectivity index (χ1n) is 5.07. The van der Waals surface area contributed by atoms with E-state index in [9.17, 15) is 9.50 Å². The molecule has 2 rings (SSSR count). The molecule has 0 fully saturated rings. The van der Waals surface area contributed by atoms with Gasteiger partial charge in [-0.2, -0.15) is 0 Å². The molecule has 0 saturated carbocycles. The van der Waals surface area contributed by atoms with Crippen LogP contribution in [0, 0.1) is 5.82 Å². The Bertz CT molecular complexity index is 538. The van der Waals surface area contributed by atoms with Crippen molar-refractivity contribution in [2.45, 2.75) is 6.10 Å². The van der Waals surface area contributed by atoms with Gasteiger partial charge in [-0.15, -0.1) is 0 Å². The van der Waals surface area contributed by atoms with E-state index in [1.54, 1.807) is 30.3 Å². The zero-order valence-electron chi connectivity index (χ0n) is 9.00. The first kappa shape index (κ1) is 13.8. The Hall–Kier alpha value is -0.610. The van der Waals surface area contributed by atoms with Crippen molar-refractivity contribution < 1.29 is 9.50 Å². The topological polar surface area (TPSA) is 20.2 Å². The summed E-state index contributed by atoms with van der Waals surface area (Å²) in [7, 11) is 0. The fourth-order valence-electron chi connectivity index (χ4n) is 1.56. The summed E-state index contributed by atoms with van der Waals surface area (Å²) in [4.78, 5) is 0. The number of rotatable bonds is 2. The molecule has 0 bridgehead atoms. The number of aliphatic hydroxyl groups excluding tert-OH is 1. The molecule has 1 unspecified atom stereocenters. The Kier molecular flexibility index (Phi) is 4.28. The number of benzene rings is 2. The first-order valence-corrected chi connectivity index (χ1v) is 6.62. The van der Waals surface area contributed by atoms with Crippen LogP contribution in [0.5, 0.6) is 0 Å². The van der Waals surface area contributed by atoms with Crippen molar-refractivity contribution in [2.75, 3.05) is 0 Å². The molecular weight excluding hydrogens is 342 g/mol. The molecule has 0 saturated heterocycles. The Balaban J connectivity index is 2.37. The maximum absolute atomic E-state index is 13.4. The van der Waals surface area contributed by atoms with E-state index in [0.29, 0.717) is 25.6 Å². The molecule has 0 amide bonds. The molecule has 1 N–H and O–H groups in total.